The van der Waals surface area contributed by atoms with E-state index in [9.17, 15) is 14.4 Å². The van der Waals surface area contributed by atoms with Crippen molar-refractivity contribution in [3.63, 3.8) is 0 Å². The summed E-state index contributed by atoms with van der Waals surface area (Å²) in [5.74, 6) is 1.45. The Balaban J connectivity index is 1.51. The fourth-order valence-corrected chi connectivity index (χ4v) is 8.05. The topological polar surface area (TPSA) is 60.4 Å². The number of fused-ring (bicyclic) bond motifs is 5. The Labute approximate surface area is 189 Å². The van der Waals surface area contributed by atoms with Crippen LogP contribution in [0, 0.1) is 17.3 Å². The molecule has 5 aliphatic rings. The molecule has 0 N–H and O–H groups in total. The van der Waals surface area contributed by atoms with Gasteiger partial charge in [0.2, 0.25) is 0 Å². The van der Waals surface area contributed by atoms with Gasteiger partial charge in [-0.1, -0.05) is 36.8 Å². The Morgan fingerprint density at radius 2 is 1.81 bits per heavy atom. The van der Waals surface area contributed by atoms with Gasteiger partial charge in [-0.05, 0) is 79.6 Å². The third kappa shape index (κ3) is 2.71. The second kappa shape index (κ2) is 7.00. The van der Waals surface area contributed by atoms with Gasteiger partial charge >= 0.3 is 5.97 Å². The highest BCUT2D eigenvalue weighted by Crippen LogP contribution is 2.69. The lowest BCUT2D eigenvalue weighted by atomic mass is 9.51. The number of hydrogen-bond donors (Lipinski definition) is 0. The van der Waals surface area contributed by atoms with Crippen molar-refractivity contribution in [3.05, 3.63) is 58.2 Å². The number of hydrogen-bond acceptors (Lipinski definition) is 4. The van der Waals surface area contributed by atoms with Gasteiger partial charge in [-0.25, -0.2) is 0 Å². The smallest absolute Gasteiger partial charge is 0.306 e. The molecule has 3 fully saturated rings. The molecule has 32 heavy (non-hydrogen) atoms. The molecule has 2 saturated carbocycles. The standard InChI is InChI=1S/C28H30O4/c1-27-15-23(18-4-2-17(16-29)3-5-18)26-21-9-7-20(30)14-19(21)6-8-22(26)24(27)10-12-28(27)13-11-25(31)32-28/h2-5,14,16,22-24H,6-13,15H2,1H3/t22?,23-,24?,27+,28+/m1/s1. The molecule has 2 unspecified atom stereocenters. The summed E-state index contributed by atoms with van der Waals surface area (Å²) in [6.07, 6.45) is 10.7. The Hall–Kier alpha value is -2.49. The van der Waals surface area contributed by atoms with Crippen molar-refractivity contribution in [1.29, 1.82) is 0 Å². The number of allylic oxidation sites excluding steroid dienone is 4. The third-order valence-corrected chi connectivity index (χ3v) is 9.54. The summed E-state index contributed by atoms with van der Waals surface area (Å²) >= 11 is 0. The van der Waals surface area contributed by atoms with Gasteiger partial charge in [-0.2, -0.15) is 0 Å². The first kappa shape index (κ1) is 20.1. The predicted octanol–water partition coefficient (Wildman–Crippen LogP) is 5.47. The Morgan fingerprint density at radius 1 is 1.00 bits per heavy atom. The lowest BCUT2D eigenvalue weighted by Crippen LogP contribution is -2.51. The molecule has 0 aromatic heterocycles. The maximum atomic E-state index is 12.2. The van der Waals surface area contributed by atoms with E-state index >= 15 is 0 Å². The van der Waals surface area contributed by atoms with Crippen LogP contribution in [0.4, 0.5) is 0 Å². The van der Waals surface area contributed by atoms with Gasteiger partial charge < -0.3 is 4.74 Å². The van der Waals surface area contributed by atoms with Crippen LogP contribution in [-0.2, 0) is 14.3 Å². The second-order valence-corrected chi connectivity index (χ2v) is 10.8. The van der Waals surface area contributed by atoms with Crippen LogP contribution in [0.1, 0.15) is 86.6 Å². The fraction of sp³-hybridized carbons (Fsp3) is 0.536. The molecular weight excluding hydrogens is 400 g/mol. The van der Waals surface area contributed by atoms with Gasteiger partial charge in [0.25, 0.3) is 0 Å². The van der Waals surface area contributed by atoms with Gasteiger partial charge in [0.05, 0.1) is 0 Å². The molecule has 4 heteroatoms. The van der Waals surface area contributed by atoms with Crippen LogP contribution in [0.5, 0.6) is 0 Å². The van der Waals surface area contributed by atoms with Crippen molar-refractivity contribution < 1.29 is 19.1 Å². The van der Waals surface area contributed by atoms with E-state index < -0.39 is 0 Å². The highest BCUT2D eigenvalue weighted by Gasteiger charge is 2.66. The molecule has 0 amide bonds. The van der Waals surface area contributed by atoms with Crippen LogP contribution in [0.25, 0.3) is 0 Å². The van der Waals surface area contributed by atoms with E-state index in [1.165, 1.54) is 22.3 Å². The minimum absolute atomic E-state index is 0.0393. The molecule has 1 aromatic carbocycles. The first-order valence-corrected chi connectivity index (χ1v) is 12.2. The fourth-order valence-electron chi connectivity index (χ4n) is 8.05. The van der Waals surface area contributed by atoms with Crippen LogP contribution in [0.15, 0.2) is 47.1 Å². The minimum Gasteiger partial charge on any atom is -0.458 e. The molecule has 0 bridgehead atoms. The number of carbonyl (C=O) groups is 3. The van der Waals surface area contributed by atoms with Crippen molar-refractivity contribution >= 4 is 18.0 Å². The minimum atomic E-state index is -0.329. The van der Waals surface area contributed by atoms with Crippen LogP contribution < -0.4 is 0 Å². The SMILES string of the molecule is C[C@]12C[C@H](c3ccc(C=O)cc3)C3=C4CCC(=O)C=C4CCC3C1CC[C@]21CCC(=O)O1. The third-order valence-electron chi connectivity index (χ3n) is 9.54. The van der Waals surface area contributed by atoms with Crippen molar-refractivity contribution in [2.75, 3.05) is 0 Å². The highest BCUT2D eigenvalue weighted by molar-refractivity contribution is 5.93. The van der Waals surface area contributed by atoms with E-state index in [0.717, 1.165) is 51.2 Å². The molecular formula is C28H30O4. The second-order valence-electron chi connectivity index (χ2n) is 10.8. The first-order chi connectivity index (χ1) is 15.4. The van der Waals surface area contributed by atoms with Gasteiger partial charge in [0, 0.05) is 29.7 Å². The lowest BCUT2D eigenvalue weighted by molar-refractivity contribution is -0.162. The number of rotatable bonds is 2. The van der Waals surface area contributed by atoms with E-state index in [-0.39, 0.29) is 28.7 Å². The van der Waals surface area contributed by atoms with E-state index in [1.54, 1.807) is 0 Å². The average molecular weight is 431 g/mol. The molecule has 1 heterocycles. The number of benzene rings is 1. The molecule has 1 aromatic rings. The lowest BCUT2D eigenvalue weighted by Gasteiger charge is -2.54. The molecule has 4 aliphatic carbocycles. The predicted molar refractivity (Wildman–Crippen MR) is 120 cm³/mol. The largest absolute Gasteiger partial charge is 0.458 e. The Morgan fingerprint density at radius 3 is 2.53 bits per heavy atom. The summed E-state index contributed by atoms with van der Waals surface area (Å²) in [5.41, 5.74) is 5.78. The maximum Gasteiger partial charge on any atom is 0.306 e. The van der Waals surface area contributed by atoms with E-state index in [0.29, 0.717) is 30.2 Å². The Bertz CT molecular complexity index is 1080. The molecule has 1 aliphatic heterocycles. The maximum absolute atomic E-state index is 12.2. The molecule has 6 rings (SSSR count). The van der Waals surface area contributed by atoms with Crippen LogP contribution in [0.3, 0.4) is 0 Å². The number of ketones is 1. The van der Waals surface area contributed by atoms with Gasteiger partial charge in [-0.3, -0.25) is 14.4 Å². The van der Waals surface area contributed by atoms with E-state index in [2.05, 4.69) is 19.1 Å². The summed E-state index contributed by atoms with van der Waals surface area (Å²) < 4.78 is 6.15. The van der Waals surface area contributed by atoms with Crippen molar-refractivity contribution in [2.24, 2.45) is 17.3 Å². The quantitative estimate of drug-likeness (QED) is 0.461. The van der Waals surface area contributed by atoms with Gasteiger partial charge in [0.1, 0.15) is 11.9 Å². The zero-order valence-corrected chi connectivity index (χ0v) is 18.7. The number of aldehydes is 1. The highest BCUT2D eigenvalue weighted by atomic mass is 16.6. The van der Waals surface area contributed by atoms with E-state index in [1.807, 2.05) is 18.2 Å². The summed E-state index contributed by atoms with van der Waals surface area (Å²) in [7, 11) is 0. The normalized spacial score (nSPS) is 38.2. The Kier molecular flexibility index (Phi) is 4.41. The van der Waals surface area contributed by atoms with Crippen molar-refractivity contribution in [1.82, 2.24) is 0 Å². The van der Waals surface area contributed by atoms with Gasteiger partial charge in [-0.15, -0.1) is 0 Å². The molecule has 166 valence electrons. The van der Waals surface area contributed by atoms with Crippen LogP contribution >= 0.6 is 0 Å². The number of ether oxygens (including phenoxy) is 1. The molecule has 1 spiro atoms. The van der Waals surface area contributed by atoms with Crippen molar-refractivity contribution in [2.45, 2.75) is 76.2 Å². The van der Waals surface area contributed by atoms with E-state index in [4.69, 9.17) is 4.74 Å². The molecule has 5 atom stereocenters. The summed E-state index contributed by atoms with van der Waals surface area (Å²) in [5, 5.41) is 0. The molecule has 4 nitrogen and oxygen atoms in total. The van der Waals surface area contributed by atoms with Crippen molar-refractivity contribution in [3.8, 4) is 0 Å². The van der Waals surface area contributed by atoms with Crippen LogP contribution in [0.2, 0.25) is 0 Å². The zero-order chi connectivity index (χ0) is 22.1. The molecule has 1 saturated heterocycles. The molecule has 0 radical (unpaired) electrons. The summed E-state index contributed by atoms with van der Waals surface area (Å²) in [6, 6.07) is 8.05. The zero-order valence-electron chi connectivity index (χ0n) is 18.7. The summed E-state index contributed by atoms with van der Waals surface area (Å²) in [4.78, 5) is 35.6. The van der Waals surface area contributed by atoms with Crippen LogP contribution in [-0.4, -0.2) is 23.6 Å². The monoisotopic (exact) mass is 430 g/mol. The number of carbonyl (C=O) groups excluding carboxylic acids is 3. The van der Waals surface area contributed by atoms with Gasteiger partial charge in [0.15, 0.2) is 5.78 Å². The number of esters is 1. The summed E-state index contributed by atoms with van der Waals surface area (Å²) in [6.45, 7) is 2.38. The first-order valence-electron chi connectivity index (χ1n) is 12.2. The average Bonchev–Trinajstić information content (AvgIpc) is 3.32.